The van der Waals surface area contributed by atoms with Crippen LogP contribution in [-0.4, -0.2) is 26.3 Å². The number of hydrogen-bond donors (Lipinski definition) is 1. The lowest BCUT2D eigenvalue weighted by Gasteiger charge is -2.18. The van der Waals surface area contributed by atoms with E-state index in [0.717, 1.165) is 24.0 Å². The highest BCUT2D eigenvalue weighted by Crippen LogP contribution is 2.25. The third-order valence-corrected chi connectivity index (χ3v) is 3.37. The second-order valence-electron chi connectivity index (χ2n) is 5.10. The van der Waals surface area contributed by atoms with Gasteiger partial charge in [0.15, 0.2) is 11.5 Å². The molecule has 3 heteroatoms. The van der Waals surface area contributed by atoms with Gasteiger partial charge in [0, 0.05) is 12.6 Å². The van der Waals surface area contributed by atoms with Crippen molar-refractivity contribution in [3.05, 3.63) is 24.3 Å². The van der Waals surface area contributed by atoms with Crippen LogP contribution in [0, 0.1) is 5.92 Å². The molecule has 0 amide bonds. The molecule has 1 aromatic rings. The zero-order valence-corrected chi connectivity index (χ0v) is 12.6. The van der Waals surface area contributed by atoms with Crippen molar-refractivity contribution < 1.29 is 9.47 Å². The molecule has 0 fully saturated rings. The first-order valence-corrected chi connectivity index (χ1v) is 7.16. The Morgan fingerprint density at radius 1 is 1.16 bits per heavy atom. The van der Waals surface area contributed by atoms with Crippen LogP contribution in [0.25, 0.3) is 0 Å². The lowest BCUT2D eigenvalue weighted by Crippen LogP contribution is -2.31. The number of methoxy groups -OCH3 is 1. The molecule has 0 heterocycles. The van der Waals surface area contributed by atoms with Gasteiger partial charge in [-0.1, -0.05) is 32.4 Å². The van der Waals surface area contributed by atoms with Gasteiger partial charge < -0.3 is 14.8 Å². The minimum atomic E-state index is 0.538. The van der Waals surface area contributed by atoms with Gasteiger partial charge in [0.05, 0.1) is 7.11 Å². The minimum Gasteiger partial charge on any atom is -0.493 e. The molecule has 108 valence electrons. The fraction of sp³-hybridized carbons (Fsp3) is 0.625. The van der Waals surface area contributed by atoms with Gasteiger partial charge in [-0.15, -0.1) is 0 Å². The first kappa shape index (κ1) is 15.8. The van der Waals surface area contributed by atoms with Crippen molar-refractivity contribution >= 4 is 0 Å². The predicted octanol–water partition coefficient (Wildman–Crippen LogP) is 3.49. The van der Waals surface area contributed by atoms with Crippen LogP contribution >= 0.6 is 0 Å². The van der Waals surface area contributed by atoms with E-state index in [0.29, 0.717) is 12.6 Å². The van der Waals surface area contributed by atoms with Crippen LogP contribution in [0.4, 0.5) is 0 Å². The standard InChI is InChI=1S/C16H27NO2/c1-5-13(2)12-14(3)17-10-11-19-16-9-7-6-8-15(16)18-4/h6-9,13-14,17H,5,10-12H2,1-4H3. The van der Waals surface area contributed by atoms with Crippen molar-refractivity contribution in [3.63, 3.8) is 0 Å². The van der Waals surface area contributed by atoms with Crippen molar-refractivity contribution in [2.75, 3.05) is 20.3 Å². The van der Waals surface area contributed by atoms with Crippen LogP contribution in [-0.2, 0) is 0 Å². The Morgan fingerprint density at radius 2 is 1.84 bits per heavy atom. The highest BCUT2D eigenvalue weighted by atomic mass is 16.5. The van der Waals surface area contributed by atoms with Gasteiger partial charge in [-0.2, -0.15) is 0 Å². The summed E-state index contributed by atoms with van der Waals surface area (Å²) in [6, 6.07) is 8.28. The van der Waals surface area contributed by atoms with Crippen molar-refractivity contribution in [1.82, 2.24) is 5.32 Å². The average Bonchev–Trinajstić information content (AvgIpc) is 2.43. The minimum absolute atomic E-state index is 0.538. The first-order valence-electron chi connectivity index (χ1n) is 7.16. The molecule has 19 heavy (non-hydrogen) atoms. The molecule has 1 rings (SSSR count). The zero-order chi connectivity index (χ0) is 14.1. The number of nitrogens with one attached hydrogen (secondary N) is 1. The van der Waals surface area contributed by atoms with E-state index in [-0.39, 0.29) is 0 Å². The largest absolute Gasteiger partial charge is 0.493 e. The van der Waals surface area contributed by atoms with Crippen molar-refractivity contribution in [2.45, 2.75) is 39.7 Å². The summed E-state index contributed by atoms with van der Waals surface area (Å²) >= 11 is 0. The van der Waals surface area contributed by atoms with Gasteiger partial charge in [0.25, 0.3) is 0 Å². The second kappa shape index (κ2) is 8.81. The Kier molecular flexibility index (Phi) is 7.34. The molecule has 2 unspecified atom stereocenters. The number of ether oxygens (including phenoxy) is 2. The van der Waals surface area contributed by atoms with E-state index in [1.807, 2.05) is 24.3 Å². The summed E-state index contributed by atoms with van der Waals surface area (Å²) in [7, 11) is 1.66. The fourth-order valence-electron chi connectivity index (χ4n) is 2.06. The highest BCUT2D eigenvalue weighted by Gasteiger charge is 2.06. The topological polar surface area (TPSA) is 30.5 Å². The van der Waals surface area contributed by atoms with Gasteiger partial charge in [0.1, 0.15) is 6.61 Å². The summed E-state index contributed by atoms with van der Waals surface area (Å²) in [4.78, 5) is 0. The molecule has 0 saturated carbocycles. The maximum absolute atomic E-state index is 5.72. The summed E-state index contributed by atoms with van der Waals surface area (Å²) in [5, 5.41) is 3.49. The third kappa shape index (κ3) is 5.97. The van der Waals surface area contributed by atoms with E-state index in [1.54, 1.807) is 7.11 Å². The maximum atomic E-state index is 5.72. The molecule has 2 atom stereocenters. The third-order valence-electron chi connectivity index (χ3n) is 3.37. The Labute approximate surface area is 117 Å². The highest BCUT2D eigenvalue weighted by molar-refractivity contribution is 5.39. The molecule has 0 aliphatic carbocycles. The molecular weight excluding hydrogens is 238 g/mol. The van der Waals surface area contributed by atoms with Crippen LogP contribution < -0.4 is 14.8 Å². The average molecular weight is 265 g/mol. The van der Waals surface area contributed by atoms with Gasteiger partial charge in [0.2, 0.25) is 0 Å². The van der Waals surface area contributed by atoms with Crippen molar-refractivity contribution in [2.24, 2.45) is 5.92 Å². The molecule has 0 saturated heterocycles. The molecule has 0 spiro atoms. The molecule has 0 aliphatic heterocycles. The van der Waals surface area contributed by atoms with Gasteiger partial charge >= 0.3 is 0 Å². The number of para-hydroxylation sites is 2. The summed E-state index contributed by atoms with van der Waals surface area (Å²) in [6.07, 6.45) is 2.45. The van der Waals surface area contributed by atoms with Crippen LogP contribution in [0.2, 0.25) is 0 Å². The van der Waals surface area contributed by atoms with E-state index in [1.165, 1.54) is 12.8 Å². The Morgan fingerprint density at radius 3 is 2.47 bits per heavy atom. The molecule has 0 aromatic heterocycles. The smallest absolute Gasteiger partial charge is 0.161 e. The summed E-state index contributed by atoms with van der Waals surface area (Å²) in [6.45, 7) is 8.28. The molecule has 1 N–H and O–H groups in total. The Bertz CT molecular complexity index is 354. The fourth-order valence-corrected chi connectivity index (χ4v) is 2.06. The van der Waals surface area contributed by atoms with E-state index >= 15 is 0 Å². The summed E-state index contributed by atoms with van der Waals surface area (Å²) < 4.78 is 11.0. The zero-order valence-electron chi connectivity index (χ0n) is 12.6. The number of benzene rings is 1. The van der Waals surface area contributed by atoms with Crippen LogP contribution in [0.5, 0.6) is 11.5 Å². The summed E-state index contributed by atoms with van der Waals surface area (Å²) in [5.41, 5.74) is 0. The van der Waals surface area contributed by atoms with E-state index in [4.69, 9.17) is 9.47 Å². The molecule has 0 bridgehead atoms. The van der Waals surface area contributed by atoms with Crippen LogP contribution in [0.3, 0.4) is 0 Å². The SMILES string of the molecule is CCC(C)CC(C)NCCOc1ccccc1OC. The van der Waals surface area contributed by atoms with Crippen molar-refractivity contribution in [3.8, 4) is 11.5 Å². The number of hydrogen-bond acceptors (Lipinski definition) is 3. The molecule has 3 nitrogen and oxygen atoms in total. The van der Waals surface area contributed by atoms with Crippen LogP contribution in [0.15, 0.2) is 24.3 Å². The molecular formula is C16H27NO2. The monoisotopic (exact) mass is 265 g/mol. The molecule has 1 aromatic carbocycles. The van der Waals surface area contributed by atoms with Gasteiger partial charge in [-0.25, -0.2) is 0 Å². The first-order chi connectivity index (χ1) is 9.17. The van der Waals surface area contributed by atoms with E-state index < -0.39 is 0 Å². The quantitative estimate of drug-likeness (QED) is 0.693. The van der Waals surface area contributed by atoms with Crippen LogP contribution in [0.1, 0.15) is 33.6 Å². The Balaban J connectivity index is 2.23. The molecule has 0 aliphatic rings. The number of rotatable bonds is 9. The lowest BCUT2D eigenvalue weighted by atomic mass is 10.0. The Hall–Kier alpha value is -1.22. The van der Waals surface area contributed by atoms with Gasteiger partial charge in [-0.3, -0.25) is 0 Å². The van der Waals surface area contributed by atoms with E-state index in [9.17, 15) is 0 Å². The van der Waals surface area contributed by atoms with Gasteiger partial charge in [-0.05, 0) is 31.4 Å². The molecule has 0 radical (unpaired) electrons. The van der Waals surface area contributed by atoms with Crippen molar-refractivity contribution in [1.29, 1.82) is 0 Å². The second-order valence-corrected chi connectivity index (χ2v) is 5.10. The summed E-state index contributed by atoms with van der Waals surface area (Å²) in [5.74, 6) is 2.37. The lowest BCUT2D eigenvalue weighted by molar-refractivity contribution is 0.282. The van der Waals surface area contributed by atoms with E-state index in [2.05, 4.69) is 26.1 Å². The maximum Gasteiger partial charge on any atom is 0.161 e. The normalized spacial score (nSPS) is 13.9. The predicted molar refractivity (Wildman–Crippen MR) is 80.0 cm³/mol.